The Labute approximate surface area is 314 Å². The maximum atomic E-state index is 6.61. The molecule has 2 nitrogen and oxygen atoms in total. The van der Waals surface area contributed by atoms with Crippen LogP contribution in [0.3, 0.4) is 0 Å². The Hall–Kier alpha value is -7.16. The highest BCUT2D eigenvalue weighted by Crippen LogP contribution is 2.45. The fraction of sp³-hybridized carbons (Fsp3) is 0. The van der Waals surface area contributed by atoms with Gasteiger partial charge in [0, 0.05) is 16.8 Å². The lowest BCUT2D eigenvalue weighted by atomic mass is 9.97. The molecule has 10 aromatic rings. The number of furan rings is 1. The second-order valence-electron chi connectivity index (χ2n) is 13.7. The molecule has 2 heteroatoms. The number of nitrogens with zero attached hydrogens (tertiary/aromatic N) is 1. The molecule has 0 aliphatic rings. The largest absolute Gasteiger partial charge is 0.456 e. The summed E-state index contributed by atoms with van der Waals surface area (Å²) in [6.07, 6.45) is 0. The minimum atomic E-state index is 0.864. The molecule has 0 saturated heterocycles. The van der Waals surface area contributed by atoms with Gasteiger partial charge in [-0.25, -0.2) is 0 Å². The molecule has 0 aliphatic carbocycles. The first-order chi connectivity index (χ1) is 26.8. The fourth-order valence-corrected chi connectivity index (χ4v) is 7.77. The van der Waals surface area contributed by atoms with E-state index in [4.69, 9.17) is 4.42 Å². The smallest absolute Gasteiger partial charge is 0.137 e. The second-order valence-corrected chi connectivity index (χ2v) is 13.7. The number of anilines is 3. The zero-order valence-corrected chi connectivity index (χ0v) is 29.6. The van der Waals surface area contributed by atoms with Crippen molar-refractivity contribution in [3.63, 3.8) is 0 Å². The molecule has 0 spiro atoms. The number of fused-ring (bicyclic) bond motifs is 5. The summed E-state index contributed by atoms with van der Waals surface area (Å²) >= 11 is 0. The first kappa shape index (κ1) is 31.6. The van der Waals surface area contributed by atoms with E-state index in [0.717, 1.165) is 39.0 Å². The van der Waals surface area contributed by atoms with E-state index in [0.29, 0.717) is 0 Å². The van der Waals surface area contributed by atoms with E-state index in [-0.39, 0.29) is 0 Å². The highest BCUT2D eigenvalue weighted by Gasteiger charge is 2.21. The molecule has 0 amide bonds. The molecule has 54 heavy (non-hydrogen) atoms. The van der Waals surface area contributed by atoms with Crippen LogP contribution in [-0.2, 0) is 0 Å². The van der Waals surface area contributed by atoms with E-state index in [2.05, 4.69) is 217 Å². The Balaban J connectivity index is 1.11. The van der Waals surface area contributed by atoms with Crippen LogP contribution in [0, 0.1) is 0 Å². The zero-order valence-electron chi connectivity index (χ0n) is 29.6. The average molecular weight is 690 g/mol. The number of rotatable bonds is 7. The van der Waals surface area contributed by atoms with Gasteiger partial charge in [-0.15, -0.1) is 0 Å². The Kier molecular flexibility index (Phi) is 7.85. The lowest BCUT2D eigenvalue weighted by Gasteiger charge is -2.27. The number of hydrogen-bond donors (Lipinski definition) is 0. The number of benzene rings is 9. The van der Waals surface area contributed by atoms with Crippen LogP contribution in [-0.4, -0.2) is 0 Å². The van der Waals surface area contributed by atoms with Gasteiger partial charge >= 0.3 is 0 Å². The minimum Gasteiger partial charge on any atom is -0.456 e. The summed E-state index contributed by atoms with van der Waals surface area (Å²) in [5.41, 5.74) is 14.5. The lowest BCUT2D eigenvalue weighted by Crippen LogP contribution is -2.10. The van der Waals surface area contributed by atoms with Gasteiger partial charge in [-0.3, -0.25) is 0 Å². The summed E-state index contributed by atoms with van der Waals surface area (Å²) in [5, 5.41) is 4.58. The Morgan fingerprint density at radius 1 is 0.296 bits per heavy atom. The van der Waals surface area contributed by atoms with Crippen molar-refractivity contribution in [2.75, 3.05) is 4.90 Å². The summed E-state index contributed by atoms with van der Waals surface area (Å²) in [4.78, 5) is 2.37. The molecule has 0 radical (unpaired) electrons. The Bertz CT molecular complexity index is 2880. The van der Waals surface area contributed by atoms with Crippen LogP contribution < -0.4 is 4.90 Å². The highest BCUT2D eigenvalue weighted by molar-refractivity contribution is 6.23. The van der Waals surface area contributed by atoms with Crippen LogP contribution in [0.15, 0.2) is 217 Å². The molecule has 9 aromatic carbocycles. The van der Waals surface area contributed by atoms with Crippen LogP contribution in [0.2, 0.25) is 0 Å². The van der Waals surface area contributed by atoms with Gasteiger partial charge in [0.05, 0.1) is 11.1 Å². The van der Waals surface area contributed by atoms with Crippen molar-refractivity contribution in [2.24, 2.45) is 0 Å². The molecule has 0 saturated carbocycles. The van der Waals surface area contributed by atoms with Crippen molar-refractivity contribution in [2.45, 2.75) is 0 Å². The Morgan fingerprint density at radius 3 is 1.24 bits per heavy atom. The van der Waals surface area contributed by atoms with Gasteiger partial charge in [-0.05, 0) is 104 Å². The second kappa shape index (κ2) is 13.4. The molecule has 0 aliphatic heterocycles. The average Bonchev–Trinajstić information content (AvgIpc) is 3.65. The summed E-state index contributed by atoms with van der Waals surface area (Å²) in [6, 6.07) is 75.8. The molecule has 0 unspecified atom stereocenters. The predicted molar refractivity (Wildman–Crippen MR) is 228 cm³/mol. The molecule has 1 aromatic heterocycles. The predicted octanol–water partition coefficient (Wildman–Crippen LogP) is 14.9. The number of hydrogen-bond acceptors (Lipinski definition) is 2. The van der Waals surface area contributed by atoms with Gasteiger partial charge < -0.3 is 9.32 Å². The van der Waals surface area contributed by atoms with Gasteiger partial charge in [0.15, 0.2) is 0 Å². The third-order valence-electron chi connectivity index (χ3n) is 10.5. The molecule has 0 atom stereocenters. The quantitative estimate of drug-likeness (QED) is 0.166. The van der Waals surface area contributed by atoms with Gasteiger partial charge in [0.1, 0.15) is 11.2 Å². The molecule has 1 heterocycles. The highest BCUT2D eigenvalue weighted by atomic mass is 16.3. The van der Waals surface area contributed by atoms with E-state index in [1.54, 1.807) is 0 Å². The minimum absolute atomic E-state index is 0.864. The maximum Gasteiger partial charge on any atom is 0.137 e. The zero-order chi connectivity index (χ0) is 35.8. The van der Waals surface area contributed by atoms with E-state index in [9.17, 15) is 0 Å². The third kappa shape index (κ3) is 5.71. The first-order valence-electron chi connectivity index (χ1n) is 18.4. The summed E-state index contributed by atoms with van der Waals surface area (Å²) in [5.74, 6) is 0. The van der Waals surface area contributed by atoms with Crippen LogP contribution in [0.1, 0.15) is 0 Å². The van der Waals surface area contributed by atoms with Crippen LogP contribution in [0.25, 0.3) is 77.2 Å². The summed E-state index contributed by atoms with van der Waals surface area (Å²) < 4.78 is 6.61. The summed E-state index contributed by atoms with van der Waals surface area (Å²) in [7, 11) is 0. The van der Waals surface area contributed by atoms with Crippen molar-refractivity contribution >= 4 is 49.8 Å². The first-order valence-corrected chi connectivity index (χ1v) is 18.4. The molecule has 0 fully saturated rings. The Morgan fingerprint density at radius 2 is 0.722 bits per heavy atom. The maximum absolute atomic E-state index is 6.61. The van der Waals surface area contributed by atoms with Crippen LogP contribution >= 0.6 is 0 Å². The molecular formula is C52H35NO. The fourth-order valence-electron chi connectivity index (χ4n) is 7.77. The standard InChI is InChI=1S/C52H35NO/c1-4-11-36(12-5-1)39-19-21-40(22-20-39)42-25-31-46(32-26-42)53(45-29-23-41(24-30-45)37-13-6-2-7-14-37)48-17-10-18-49-52(48)51-47-33-27-43(38-15-8-3-9-16-38)35-44(47)28-34-50(51)54-49/h1-35H. The molecular weight excluding hydrogens is 655 g/mol. The van der Waals surface area contributed by atoms with Gasteiger partial charge in [0.25, 0.3) is 0 Å². The lowest BCUT2D eigenvalue weighted by molar-refractivity contribution is 0.669. The van der Waals surface area contributed by atoms with Crippen molar-refractivity contribution in [1.82, 2.24) is 0 Å². The molecule has 10 rings (SSSR count). The van der Waals surface area contributed by atoms with E-state index in [1.165, 1.54) is 55.3 Å². The molecule has 254 valence electrons. The van der Waals surface area contributed by atoms with Crippen molar-refractivity contribution < 1.29 is 4.42 Å². The van der Waals surface area contributed by atoms with Crippen molar-refractivity contribution in [1.29, 1.82) is 0 Å². The third-order valence-corrected chi connectivity index (χ3v) is 10.5. The van der Waals surface area contributed by atoms with E-state index < -0.39 is 0 Å². The summed E-state index contributed by atoms with van der Waals surface area (Å²) in [6.45, 7) is 0. The van der Waals surface area contributed by atoms with Gasteiger partial charge in [0.2, 0.25) is 0 Å². The van der Waals surface area contributed by atoms with Crippen LogP contribution in [0.5, 0.6) is 0 Å². The SMILES string of the molecule is c1ccc(-c2ccc(-c3ccc(N(c4ccc(-c5ccccc5)cc4)c4cccc5oc6ccc7cc(-c8ccccc8)ccc7c6c45)cc3)cc2)cc1. The molecule has 0 N–H and O–H groups in total. The van der Waals surface area contributed by atoms with E-state index >= 15 is 0 Å². The molecule has 0 bridgehead atoms. The van der Waals surface area contributed by atoms with E-state index in [1.807, 2.05) is 0 Å². The monoisotopic (exact) mass is 689 g/mol. The normalized spacial score (nSPS) is 11.3. The van der Waals surface area contributed by atoms with Crippen molar-refractivity contribution in [3.05, 3.63) is 212 Å². The van der Waals surface area contributed by atoms with Gasteiger partial charge in [-0.2, -0.15) is 0 Å². The van der Waals surface area contributed by atoms with Crippen molar-refractivity contribution in [3.8, 4) is 44.5 Å². The van der Waals surface area contributed by atoms with Gasteiger partial charge in [-0.1, -0.05) is 164 Å². The van der Waals surface area contributed by atoms with Crippen LogP contribution in [0.4, 0.5) is 17.1 Å². The topological polar surface area (TPSA) is 16.4 Å².